The molecule has 0 bridgehead atoms. The molecule has 0 aliphatic carbocycles. The van der Waals surface area contributed by atoms with Gasteiger partial charge in [-0.2, -0.15) is 23.7 Å². The summed E-state index contributed by atoms with van der Waals surface area (Å²) in [5.41, 5.74) is 1.18. The predicted molar refractivity (Wildman–Crippen MR) is 102 cm³/mol. The average molecular weight is 378 g/mol. The molecule has 0 N–H and O–H groups in total. The van der Waals surface area contributed by atoms with Gasteiger partial charge in [0, 0.05) is 5.56 Å². The number of alkyl halides is 3. The number of fused-ring (bicyclic) bond motifs is 1. The Bertz CT molecular complexity index is 1120. The zero-order valence-electron chi connectivity index (χ0n) is 15.3. The van der Waals surface area contributed by atoms with E-state index in [1.807, 2.05) is 30.3 Å². The predicted octanol–water partition coefficient (Wildman–Crippen LogP) is 6.61. The van der Waals surface area contributed by atoms with E-state index in [-0.39, 0.29) is 16.7 Å². The van der Waals surface area contributed by atoms with Crippen molar-refractivity contribution in [1.29, 1.82) is 10.5 Å². The fourth-order valence-corrected chi connectivity index (χ4v) is 3.33. The Morgan fingerprint density at radius 3 is 2.39 bits per heavy atom. The number of halogens is 3. The lowest BCUT2D eigenvalue weighted by atomic mass is 9.88. The molecule has 3 aromatic carbocycles. The summed E-state index contributed by atoms with van der Waals surface area (Å²) in [6.45, 7) is 2.09. The van der Waals surface area contributed by atoms with Crippen LogP contribution >= 0.6 is 0 Å². The lowest BCUT2D eigenvalue weighted by Gasteiger charge is -2.14. The summed E-state index contributed by atoms with van der Waals surface area (Å²) in [4.78, 5) is 0. The lowest BCUT2D eigenvalue weighted by molar-refractivity contribution is -0.137. The smallest absolute Gasteiger partial charge is 0.192 e. The molecule has 0 unspecified atom stereocenters. The Labute approximate surface area is 161 Å². The van der Waals surface area contributed by atoms with E-state index in [4.69, 9.17) is 0 Å². The topological polar surface area (TPSA) is 47.6 Å². The Morgan fingerprint density at radius 1 is 0.964 bits per heavy atom. The third-order valence-electron chi connectivity index (χ3n) is 4.74. The number of aryl methyl sites for hydroxylation is 1. The van der Waals surface area contributed by atoms with Crippen LogP contribution in [0, 0.1) is 22.7 Å². The average Bonchev–Trinajstić information content (AvgIpc) is 2.70. The van der Waals surface area contributed by atoms with E-state index < -0.39 is 11.7 Å². The summed E-state index contributed by atoms with van der Waals surface area (Å²) >= 11 is 0. The number of hydrogen-bond acceptors (Lipinski definition) is 2. The van der Waals surface area contributed by atoms with E-state index in [2.05, 4.69) is 6.92 Å². The standard InChI is InChI=1S/C23H17F3N2/c1-2-3-5-15-8-9-16-11-18(13-27)21(14-28)22(20(16)10-15)17-6-4-7-19(12-17)23(24,25)26/h4,6-12H,2-3,5H2,1H3. The zero-order valence-corrected chi connectivity index (χ0v) is 15.3. The maximum atomic E-state index is 13.2. The number of benzene rings is 3. The van der Waals surface area contributed by atoms with Crippen molar-refractivity contribution >= 4 is 10.8 Å². The highest BCUT2D eigenvalue weighted by molar-refractivity contribution is 6.01. The van der Waals surface area contributed by atoms with E-state index in [0.717, 1.165) is 42.3 Å². The van der Waals surface area contributed by atoms with Gasteiger partial charge in [-0.05, 0) is 52.9 Å². The van der Waals surface area contributed by atoms with Gasteiger partial charge in [0.05, 0.1) is 16.7 Å². The van der Waals surface area contributed by atoms with E-state index in [1.54, 1.807) is 12.1 Å². The van der Waals surface area contributed by atoms with Crippen molar-refractivity contribution in [2.45, 2.75) is 32.4 Å². The van der Waals surface area contributed by atoms with Crippen LogP contribution in [0.4, 0.5) is 13.2 Å². The Balaban J connectivity index is 2.35. The molecule has 0 aliphatic rings. The maximum Gasteiger partial charge on any atom is 0.416 e. The van der Waals surface area contributed by atoms with Gasteiger partial charge in [-0.1, -0.05) is 43.7 Å². The molecule has 0 radical (unpaired) electrons. The van der Waals surface area contributed by atoms with E-state index in [0.29, 0.717) is 10.9 Å². The molecule has 0 heterocycles. The fourth-order valence-electron chi connectivity index (χ4n) is 3.33. The minimum atomic E-state index is -4.49. The van der Waals surface area contributed by atoms with Crippen LogP contribution in [-0.2, 0) is 12.6 Å². The zero-order chi connectivity index (χ0) is 20.3. The number of unbranched alkanes of at least 4 members (excludes halogenated alkanes) is 1. The van der Waals surface area contributed by atoms with Crippen molar-refractivity contribution in [3.05, 3.63) is 70.8 Å². The molecule has 3 aromatic rings. The van der Waals surface area contributed by atoms with E-state index in [1.165, 1.54) is 6.07 Å². The van der Waals surface area contributed by atoms with Gasteiger partial charge >= 0.3 is 6.18 Å². The molecule has 28 heavy (non-hydrogen) atoms. The first kappa shape index (κ1) is 19.5. The molecular weight excluding hydrogens is 361 g/mol. The normalized spacial score (nSPS) is 11.2. The van der Waals surface area contributed by atoms with Crippen LogP contribution in [0.5, 0.6) is 0 Å². The molecule has 0 saturated heterocycles. The Hall–Kier alpha value is -3.31. The van der Waals surface area contributed by atoms with Crippen LogP contribution in [0.25, 0.3) is 21.9 Å². The van der Waals surface area contributed by atoms with Crippen molar-refractivity contribution < 1.29 is 13.2 Å². The van der Waals surface area contributed by atoms with E-state index >= 15 is 0 Å². The minimum absolute atomic E-state index is 0.0990. The van der Waals surface area contributed by atoms with Gasteiger partial charge in [0.2, 0.25) is 0 Å². The van der Waals surface area contributed by atoms with Crippen molar-refractivity contribution in [1.82, 2.24) is 0 Å². The maximum absolute atomic E-state index is 13.2. The van der Waals surface area contributed by atoms with Gasteiger partial charge < -0.3 is 0 Å². The second kappa shape index (κ2) is 7.74. The molecule has 140 valence electrons. The van der Waals surface area contributed by atoms with Crippen LogP contribution in [0.15, 0.2) is 48.5 Å². The first-order chi connectivity index (χ1) is 13.4. The Morgan fingerprint density at radius 2 is 1.75 bits per heavy atom. The highest BCUT2D eigenvalue weighted by Crippen LogP contribution is 2.38. The molecule has 0 spiro atoms. The summed E-state index contributed by atoms with van der Waals surface area (Å²) in [5, 5.41) is 20.5. The quantitative estimate of drug-likeness (QED) is 0.513. The summed E-state index contributed by atoms with van der Waals surface area (Å²) < 4.78 is 39.6. The second-order valence-corrected chi connectivity index (χ2v) is 6.64. The molecule has 0 aliphatic heterocycles. The van der Waals surface area contributed by atoms with Crippen LogP contribution in [0.1, 0.15) is 42.0 Å². The van der Waals surface area contributed by atoms with Crippen LogP contribution in [0.3, 0.4) is 0 Å². The monoisotopic (exact) mass is 378 g/mol. The van der Waals surface area contributed by atoms with Gasteiger partial charge in [-0.25, -0.2) is 0 Å². The number of hydrogen-bond donors (Lipinski definition) is 0. The fraction of sp³-hybridized carbons (Fsp3) is 0.217. The van der Waals surface area contributed by atoms with E-state index in [9.17, 15) is 23.7 Å². The molecule has 0 amide bonds. The van der Waals surface area contributed by atoms with Crippen molar-refractivity contribution in [2.75, 3.05) is 0 Å². The second-order valence-electron chi connectivity index (χ2n) is 6.64. The molecule has 3 rings (SSSR count). The molecule has 5 heteroatoms. The minimum Gasteiger partial charge on any atom is -0.192 e. The number of nitrogens with zero attached hydrogens (tertiary/aromatic N) is 2. The highest BCUT2D eigenvalue weighted by Gasteiger charge is 2.31. The van der Waals surface area contributed by atoms with Crippen LogP contribution in [0.2, 0.25) is 0 Å². The highest BCUT2D eigenvalue weighted by atomic mass is 19.4. The van der Waals surface area contributed by atoms with Gasteiger partial charge in [0.25, 0.3) is 0 Å². The molecule has 2 nitrogen and oxygen atoms in total. The van der Waals surface area contributed by atoms with Gasteiger partial charge in [-0.15, -0.1) is 0 Å². The summed E-state index contributed by atoms with van der Waals surface area (Å²) in [6.07, 6.45) is -1.63. The summed E-state index contributed by atoms with van der Waals surface area (Å²) in [6, 6.07) is 16.3. The summed E-state index contributed by atoms with van der Waals surface area (Å²) in [7, 11) is 0. The molecule has 0 fully saturated rings. The number of nitriles is 2. The van der Waals surface area contributed by atoms with Gasteiger partial charge in [0.1, 0.15) is 12.1 Å². The van der Waals surface area contributed by atoms with Crippen molar-refractivity contribution in [3.63, 3.8) is 0 Å². The first-order valence-electron chi connectivity index (χ1n) is 8.96. The molecule has 0 aromatic heterocycles. The third-order valence-corrected chi connectivity index (χ3v) is 4.74. The van der Waals surface area contributed by atoms with Gasteiger partial charge in [0.15, 0.2) is 0 Å². The molecule has 0 atom stereocenters. The van der Waals surface area contributed by atoms with Crippen LogP contribution in [-0.4, -0.2) is 0 Å². The number of rotatable bonds is 4. The molecule has 0 saturated carbocycles. The lowest BCUT2D eigenvalue weighted by Crippen LogP contribution is -2.05. The SMILES string of the molecule is CCCCc1ccc2cc(C#N)c(C#N)c(-c3cccc(C(F)(F)F)c3)c2c1. The molecular formula is C23H17F3N2. The summed E-state index contributed by atoms with van der Waals surface area (Å²) in [5.74, 6) is 0. The van der Waals surface area contributed by atoms with Crippen molar-refractivity contribution in [2.24, 2.45) is 0 Å². The van der Waals surface area contributed by atoms with Gasteiger partial charge in [-0.3, -0.25) is 0 Å². The largest absolute Gasteiger partial charge is 0.416 e. The van der Waals surface area contributed by atoms with Crippen molar-refractivity contribution in [3.8, 4) is 23.3 Å². The first-order valence-corrected chi connectivity index (χ1v) is 8.96. The third kappa shape index (κ3) is 3.70. The Kier molecular flexibility index (Phi) is 5.38. The van der Waals surface area contributed by atoms with Crippen LogP contribution < -0.4 is 0 Å².